The van der Waals surface area contributed by atoms with Crippen molar-refractivity contribution < 1.29 is 18.7 Å². The number of anilines is 1. The number of carbonyl (C=O) groups excluding carboxylic acids is 1. The van der Waals surface area contributed by atoms with Crippen molar-refractivity contribution in [3.8, 4) is 5.75 Å². The number of hydrogen-bond acceptors (Lipinski definition) is 5. The SMILES string of the molecule is COC(=O)c1ccc(COc2ccc(C)c(N)c2)o1. The third-order valence-electron chi connectivity index (χ3n) is 2.68. The molecule has 2 N–H and O–H groups in total. The summed E-state index contributed by atoms with van der Waals surface area (Å²) < 4.78 is 15.4. The van der Waals surface area contributed by atoms with Gasteiger partial charge in [-0.15, -0.1) is 0 Å². The van der Waals surface area contributed by atoms with Gasteiger partial charge in [-0.05, 0) is 30.7 Å². The van der Waals surface area contributed by atoms with E-state index in [2.05, 4.69) is 4.74 Å². The summed E-state index contributed by atoms with van der Waals surface area (Å²) in [5, 5.41) is 0. The van der Waals surface area contributed by atoms with E-state index in [0.717, 1.165) is 5.56 Å². The number of nitrogen functional groups attached to an aromatic ring is 1. The second kappa shape index (κ2) is 5.48. The maximum absolute atomic E-state index is 11.2. The Morgan fingerprint density at radius 3 is 2.79 bits per heavy atom. The normalized spacial score (nSPS) is 10.2. The van der Waals surface area contributed by atoms with Crippen molar-refractivity contribution >= 4 is 11.7 Å². The summed E-state index contributed by atoms with van der Waals surface area (Å²) in [6.07, 6.45) is 0. The van der Waals surface area contributed by atoms with Gasteiger partial charge in [0.15, 0.2) is 0 Å². The van der Waals surface area contributed by atoms with Gasteiger partial charge in [-0.25, -0.2) is 4.79 Å². The Morgan fingerprint density at radius 2 is 2.11 bits per heavy atom. The Hall–Kier alpha value is -2.43. The minimum Gasteiger partial charge on any atom is -0.486 e. The number of ether oxygens (including phenoxy) is 2. The molecule has 0 amide bonds. The molecule has 1 heterocycles. The van der Waals surface area contributed by atoms with Gasteiger partial charge in [-0.1, -0.05) is 6.07 Å². The maximum Gasteiger partial charge on any atom is 0.373 e. The fourth-order valence-corrected chi connectivity index (χ4v) is 1.53. The van der Waals surface area contributed by atoms with Gasteiger partial charge < -0.3 is 19.6 Å². The first-order chi connectivity index (χ1) is 9.10. The molecule has 5 heteroatoms. The van der Waals surface area contributed by atoms with Crippen LogP contribution in [-0.2, 0) is 11.3 Å². The molecule has 0 saturated heterocycles. The maximum atomic E-state index is 11.2. The molecular weight excluding hydrogens is 246 g/mol. The molecule has 0 aliphatic carbocycles. The van der Waals surface area contributed by atoms with E-state index in [1.54, 1.807) is 18.2 Å². The number of rotatable bonds is 4. The fourth-order valence-electron chi connectivity index (χ4n) is 1.53. The molecule has 1 aromatic heterocycles. The third kappa shape index (κ3) is 3.07. The second-order valence-electron chi connectivity index (χ2n) is 4.06. The minimum atomic E-state index is -0.508. The molecular formula is C14H15NO4. The predicted octanol–water partition coefficient (Wildman–Crippen LogP) is 2.54. The first kappa shape index (κ1) is 13.0. The number of furan rings is 1. The van der Waals surface area contributed by atoms with Crippen LogP contribution in [0.25, 0.3) is 0 Å². The molecule has 100 valence electrons. The van der Waals surface area contributed by atoms with E-state index in [9.17, 15) is 4.79 Å². The third-order valence-corrected chi connectivity index (χ3v) is 2.68. The van der Waals surface area contributed by atoms with Crippen molar-refractivity contribution in [3.63, 3.8) is 0 Å². The van der Waals surface area contributed by atoms with Crippen LogP contribution in [0.2, 0.25) is 0 Å². The summed E-state index contributed by atoms with van der Waals surface area (Å²) in [6, 6.07) is 8.68. The summed E-state index contributed by atoms with van der Waals surface area (Å²) in [7, 11) is 1.30. The second-order valence-corrected chi connectivity index (χ2v) is 4.06. The lowest BCUT2D eigenvalue weighted by molar-refractivity contribution is 0.0561. The van der Waals surface area contributed by atoms with Crippen molar-refractivity contribution in [3.05, 3.63) is 47.4 Å². The smallest absolute Gasteiger partial charge is 0.373 e. The van der Waals surface area contributed by atoms with Crippen molar-refractivity contribution in [1.29, 1.82) is 0 Å². The fraction of sp³-hybridized carbons (Fsp3) is 0.214. The first-order valence-corrected chi connectivity index (χ1v) is 5.76. The van der Waals surface area contributed by atoms with Gasteiger partial charge in [0.1, 0.15) is 18.1 Å². The Balaban J connectivity index is 2.00. The van der Waals surface area contributed by atoms with Gasteiger partial charge in [0.05, 0.1) is 7.11 Å². The molecule has 0 spiro atoms. The molecule has 0 unspecified atom stereocenters. The highest BCUT2D eigenvalue weighted by Gasteiger charge is 2.11. The van der Waals surface area contributed by atoms with Crippen LogP contribution in [0.3, 0.4) is 0 Å². The molecule has 0 saturated carbocycles. The lowest BCUT2D eigenvalue weighted by atomic mass is 10.2. The van der Waals surface area contributed by atoms with E-state index >= 15 is 0 Å². The highest BCUT2D eigenvalue weighted by atomic mass is 16.5. The van der Waals surface area contributed by atoms with E-state index in [0.29, 0.717) is 17.2 Å². The van der Waals surface area contributed by atoms with Crippen molar-refractivity contribution in [2.75, 3.05) is 12.8 Å². The molecule has 5 nitrogen and oxygen atoms in total. The molecule has 1 aromatic carbocycles. The summed E-state index contributed by atoms with van der Waals surface area (Å²) in [6.45, 7) is 2.15. The Labute approximate surface area is 110 Å². The molecule has 0 atom stereocenters. The zero-order valence-electron chi connectivity index (χ0n) is 10.8. The standard InChI is InChI=1S/C14H15NO4/c1-9-3-4-10(7-12(9)15)18-8-11-5-6-13(19-11)14(16)17-2/h3-7H,8,15H2,1-2H3. The first-order valence-electron chi connectivity index (χ1n) is 5.76. The van der Waals surface area contributed by atoms with Crippen molar-refractivity contribution in [2.24, 2.45) is 0 Å². The van der Waals surface area contributed by atoms with Crippen molar-refractivity contribution in [2.45, 2.75) is 13.5 Å². The van der Waals surface area contributed by atoms with E-state index < -0.39 is 5.97 Å². The van der Waals surface area contributed by atoms with Crippen LogP contribution in [0.4, 0.5) is 5.69 Å². The van der Waals surface area contributed by atoms with E-state index in [1.807, 2.05) is 19.1 Å². The van der Waals surface area contributed by atoms with Gasteiger partial charge in [0, 0.05) is 11.8 Å². The zero-order chi connectivity index (χ0) is 13.8. The quantitative estimate of drug-likeness (QED) is 0.676. The van der Waals surface area contributed by atoms with Gasteiger partial charge in [-0.2, -0.15) is 0 Å². The monoisotopic (exact) mass is 261 g/mol. The molecule has 0 aliphatic rings. The molecule has 0 fully saturated rings. The largest absolute Gasteiger partial charge is 0.486 e. The Bertz CT molecular complexity index is 589. The number of hydrogen-bond donors (Lipinski definition) is 1. The predicted molar refractivity (Wildman–Crippen MR) is 70.0 cm³/mol. The van der Waals surface area contributed by atoms with Crippen molar-refractivity contribution in [1.82, 2.24) is 0 Å². The lowest BCUT2D eigenvalue weighted by Gasteiger charge is -2.06. The number of carbonyl (C=O) groups is 1. The Kier molecular flexibility index (Phi) is 3.75. The molecule has 2 aromatic rings. The molecule has 19 heavy (non-hydrogen) atoms. The van der Waals surface area contributed by atoms with Crippen LogP contribution in [0.5, 0.6) is 5.75 Å². The number of aryl methyl sites for hydroxylation is 1. The summed E-state index contributed by atoms with van der Waals surface area (Å²) >= 11 is 0. The van der Waals surface area contributed by atoms with Gasteiger partial charge in [0.25, 0.3) is 0 Å². The highest BCUT2D eigenvalue weighted by Crippen LogP contribution is 2.20. The molecule has 2 rings (SSSR count). The number of benzene rings is 1. The molecule has 0 aliphatic heterocycles. The minimum absolute atomic E-state index is 0.157. The topological polar surface area (TPSA) is 74.7 Å². The van der Waals surface area contributed by atoms with Crippen LogP contribution in [0.1, 0.15) is 21.9 Å². The zero-order valence-corrected chi connectivity index (χ0v) is 10.8. The summed E-state index contributed by atoms with van der Waals surface area (Å²) in [5.74, 6) is 0.842. The van der Waals surface area contributed by atoms with Crippen LogP contribution >= 0.6 is 0 Å². The van der Waals surface area contributed by atoms with Gasteiger partial charge in [0.2, 0.25) is 5.76 Å². The lowest BCUT2D eigenvalue weighted by Crippen LogP contribution is -1.99. The molecule has 0 bridgehead atoms. The number of methoxy groups -OCH3 is 1. The van der Waals surface area contributed by atoms with Crippen LogP contribution in [-0.4, -0.2) is 13.1 Å². The Morgan fingerprint density at radius 1 is 1.32 bits per heavy atom. The average Bonchev–Trinajstić information content (AvgIpc) is 2.88. The van der Waals surface area contributed by atoms with Crippen LogP contribution in [0, 0.1) is 6.92 Å². The van der Waals surface area contributed by atoms with E-state index in [-0.39, 0.29) is 12.4 Å². The number of nitrogens with two attached hydrogens (primary N) is 1. The molecule has 0 radical (unpaired) electrons. The van der Waals surface area contributed by atoms with E-state index in [4.69, 9.17) is 14.9 Å². The van der Waals surface area contributed by atoms with Gasteiger partial charge in [-0.3, -0.25) is 0 Å². The summed E-state index contributed by atoms with van der Waals surface area (Å²) in [4.78, 5) is 11.2. The highest BCUT2D eigenvalue weighted by molar-refractivity contribution is 5.86. The summed E-state index contributed by atoms with van der Waals surface area (Å²) in [5.41, 5.74) is 7.46. The average molecular weight is 261 g/mol. The van der Waals surface area contributed by atoms with Gasteiger partial charge >= 0.3 is 5.97 Å². The van der Waals surface area contributed by atoms with Crippen LogP contribution in [0.15, 0.2) is 34.7 Å². The number of esters is 1. The van der Waals surface area contributed by atoms with E-state index in [1.165, 1.54) is 7.11 Å². The van der Waals surface area contributed by atoms with Crippen LogP contribution < -0.4 is 10.5 Å².